The zero-order valence-electron chi connectivity index (χ0n) is 21.7. The molecule has 0 saturated heterocycles. The number of thiophene rings is 1. The highest BCUT2D eigenvalue weighted by Gasteiger charge is 2.35. The Morgan fingerprint density at radius 3 is 1.76 bits per heavy atom. The van der Waals surface area contributed by atoms with E-state index in [1.165, 1.54) is 0 Å². The van der Waals surface area contributed by atoms with E-state index < -0.39 is 11.5 Å². The normalized spacial score (nSPS) is 11.4. The van der Waals surface area contributed by atoms with Crippen molar-refractivity contribution in [2.24, 2.45) is 0 Å². The minimum atomic E-state index is -0.546. The quantitative estimate of drug-likeness (QED) is 0.250. The van der Waals surface area contributed by atoms with Gasteiger partial charge < -0.3 is 9.80 Å². The van der Waals surface area contributed by atoms with Crippen molar-refractivity contribution >= 4 is 23.2 Å². The Labute approximate surface area is 224 Å². The van der Waals surface area contributed by atoms with Crippen LogP contribution in [-0.4, -0.2) is 33.7 Å². The maximum Gasteiger partial charge on any atom is 0.242 e. The summed E-state index contributed by atoms with van der Waals surface area (Å²) in [6, 6.07) is 33.7. The summed E-state index contributed by atoms with van der Waals surface area (Å²) in [5, 5.41) is 2.02. The SMILES string of the molecule is CC(C)(C)N(CC(=O)N(Cc1ccccc1)Cc1cccs1)C(=O)C(c1ccccc1)c1ccccc1. The Morgan fingerprint density at radius 2 is 1.27 bits per heavy atom. The first-order valence-corrected chi connectivity index (χ1v) is 13.5. The first-order valence-electron chi connectivity index (χ1n) is 12.6. The van der Waals surface area contributed by atoms with E-state index in [0.717, 1.165) is 21.6 Å². The van der Waals surface area contributed by atoms with Gasteiger partial charge in [-0.15, -0.1) is 11.3 Å². The molecule has 4 aromatic rings. The minimum Gasteiger partial charge on any atom is -0.332 e. The second kappa shape index (κ2) is 12.0. The second-order valence-electron chi connectivity index (χ2n) is 10.2. The number of amides is 2. The summed E-state index contributed by atoms with van der Waals surface area (Å²) >= 11 is 1.63. The molecule has 0 N–H and O–H groups in total. The summed E-state index contributed by atoms with van der Waals surface area (Å²) < 4.78 is 0. The summed E-state index contributed by atoms with van der Waals surface area (Å²) in [5.41, 5.74) is 2.35. The van der Waals surface area contributed by atoms with Gasteiger partial charge in [-0.05, 0) is 48.9 Å². The van der Waals surface area contributed by atoms with Crippen LogP contribution in [-0.2, 0) is 22.7 Å². The predicted molar refractivity (Wildman–Crippen MR) is 151 cm³/mol. The lowest BCUT2D eigenvalue weighted by molar-refractivity contribution is -0.145. The van der Waals surface area contributed by atoms with Crippen LogP contribution in [0.2, 0.25) is 0 Å². The molecule has 37 heavy (non-hydrogen) atoms. The molecular formula is C32H34N2O2S. The fraction of sp³-hybridized carbons (Fsp3) is 0.250. The van der Waals surface area contributed by atoms with Crippen molar-refractivity contribution in [3.63, 3.8) is 0 Å². The maximum absolute atomic E-state index is 14.3. The highest BCUT2D eigenvalue weighted by molar-refractivity contribution is 7.09. The van der Waals surface area contributed by atoms with Crippen LogP contribution in [0.4, 0.5) is 0 Å². The van der Waals surface area contributed by atoms with Gasteiger partial charge in [-0.2, -0.15) is 0 Å². The molecule has 0 aliphatic carbocycles. The lowest BCUT2D eigenvalue weighted by Crippen LogP contribution is -2.52. The van der Waals surface area contributed by atoms with E-state index in [0.29, 0.717) is 13.1 Å². The van der Waals surface area contributed by atoms with Gasteiger partial charge in [0.25, 0.3) is 0 Å². The van der Waals surface area contributed by atoms with Crippen molar-refractivity contribution in [1.82, 2.24) is 9.80 Å². The van der Waals surface area contributed by atoms with E-state index in [4.69, 9.17) is 0 Å². The van der Waals surface area contributed by atoms with E-state index in [2.05, 4.69) is 0 Å². The molecule has 0 aliphatic rings. The smallest absolute Gasteiger partial charge is 0.242 e. The number of nitrogens with zero attached hydrogens (tertiary/aromatic N) is 2. The average Bonchev–Trinajstić information content (AvgIpc) is 3.41. The van der Waals surface area contributed by atoms with E-state index in [9.17, 15) is 9.59 Å². The van der Waals surface area contributed by atoms with Crippen LogP contribution >= 0.6 is 11.3 Å². The molecule has 0 fully saturated rings. The molecule has 0 spiro atoms. The lowest BCUT2D eigenvalue weighted by Gasteiger charge is -2.39. The number of carbonyl (C=O) groups is 2. The molecule has 2 amide bonds. The highest BCUT2D eigenvalue weighted by atomic mass is 32.1. The maximum atomic E-state index is 14.3. The number of hydrogen-bond donors (Lipinski definition) is 0. The van der Waals surface area contributed by atoms with Crippen molar-refractivity contribution in [3.8, 4) is 0 Å². The number of hydrogen-bond acceptors (Lipinski definition) is 3. The van der Waals surface area contributed by atoms with Crippen LogP contribution in [0.3, 0.4) is 0 Å². The largest absolute Gasteiger partial charge is 0.332 e. The molecular weight excluding hydrogens is 476 g/mol. The van der Waals surface area contributed by atoms with Gasteiger partial charge >= 0.3 is 0 Å². The minimum absolute atomic E-state index is 0.0106. The molecule has 3 aromatic carbocycles. The van der Waals surface area contributed by atoms with Gasteiger partial charge in [0, 0.05) is 17.0 Å². The van der Waals surface area contributed by atoms with E-state index in [-0.39, 0.29) is 18.4 Å². The van der Waals surface area contributed by atoms with E-state index in [1.807, 2.05) is 134 Å². The van der Waals surface area contributed by atoms with Gasteiger partial charge in [0.15, 0.2) is 0 Å². The van der Waals surface area contributed by atoms with Crippen LogP contribution in [0.25, 0.3) is 0 Å². The van der Waals surface area contributed by atoms with Crippen molar-refractivity contribution in [3.05, 3.63) is 130 Å². The van der Waals surface area contributed by atoms with Crippen molar-refractivity contribution in [1.29, 1.82) is 0 Å². The van der Waals surface area contributed by atoms with Crippen LogP contribution in [0, 0.1) is 0 Å². The summed E-state index contributed by atoms with van der Waals surface area (Å²) in [7, 11) is 0. The fourth-order valence-electron chi connectivity index (χ4n) is 4.43. The molecule has 1 aromatic heterocycles. The third-order valence-electron chi connectivity index (χ3n) is 6.38. The summed E-state index contributed by atoms with van der Waals surface area (Å²) in [6.45, 7) is 6.99. The van der Waals surface area contributed by atoms with Gasteiger partial charge in [0.1, 0.15) is 6.54 Å². The highest BCUT2D eigenvalue weighted by Crippen LogP contribution is 2.30. The Morgan fingerprint density at radius 1 is 0.730 bits per heavy atom. The van der Waals surface area contributed by atoms with Gasteiger partial charge in [-0.25, -0.2) is 0 Å². The third kappa shape index (κ3) is 6.95. The van der Waals surface area contributed by atoms with Gasteiger partial charge in [0.05, 0.1) is 12.5 Å². The fourth-order valence-corrected chi connectivity index (χ4v) is 5.15. The molecule has 0 radical (unpaired) electrons. The Balaban J connectivity index is 1.65. The molecule has 1 heterocycles. The van der Waals surface area contributed by atoms with Gasteiger partial charge in [-0.1, -0.05) is 97.1 Å². The van der Waals surface area contributed by atoms with Gasteiger partial charge in [0.2, 0.25) is 11.8 Å². The zero-order chi connectivity index (χ0) is 26.3. The Hall–Kier alpha value is -3.70. The number of rotatable bonds is 9. The van der Waals surface area contributed by atoms with Crippen LogP contribution in [0.5, 0.6) is 0 Å². The molecule has 0 saturated carbocycles. The predicted octanol–water partition coefficient (Wildman–Crippen LogP) is 6.74. The summed E-state index contributed by atoms with van der Waals surface area (Å²) in [5.74, 6) is -0.635. The number of carbonyl (C=O) groups excluding carboxylic acids is 2. The van der Waals surface area contributed by atoms with E-state index >= 15 is 0 Å². The monoisotopic (exact) mass is 510 g/mol. The Kier molecular flexibility index (Phi) is 8.57. The molecule has 0 bridgehead atoms. The number of benzene rings is 3. The van der Waals surface area contributed by atoms with Crippen molar-refractivity contribution in [2.75, 3.05) is 6.54 Å². The van der Waals surface area contributed by atoms with Crippen molar-refractivity contribution < 1.29 is 9.59 Å². The van der Waals surface area contributed by atoms with Crippen molar-refractivity contribution in [2.45, 2.75) is 45.3 Å². The van der Waals surface area contributed by atoms with E-state index in [1.54, 1.807) is 16.2 Å². The van der Waals surface area contributed by atoms with Crippen LogP contribution < -0.4 is 0 Å². The standard InChI is InChI=1S/C32H34N2O2S/c1-32(2,3)34(31(36)30(26-16-9-5-10-17-26)27-18-11-6-12-19-27)24-29(35)33(23-28-20-13-21-37-28)22-25-14-7-4-8-15-25/h4-21,30H,22-24H2,1-3H3. The first kappa shape index (κ1) is 26.4. The Bertz CT molecular complexity index is 1230. The molecule has 4 nitrogen and oxygen atoms in total. The molecule has 5 heteroatoms. The zero-order valence-corrected chi connectivity index (χ0v) is 22.5. The first-order chi connectivity index (χ1) is 17.8. The van der Waals surface area contributed by atoms with Gasteiger partial charge in [-0.3, -0.25) is 9.59 Å². The molecule has 0 unspecified atom stereocenters. The molecule has 0 atom stereocenters. The lowest BCUT2D eigenvalue weighted by atomic mass is 9.88. The second-order valence-corrected chi connectivity index (χ2v) is 11.2. The summed E-state index contributed by atoms with van der Waals surface area (Å²) in [4.78, 5) is 32.9. The van der Waals surface area contributed by atoms with Crippen LogP contribution in [0.15, 0.2) is 109 Å². The third-order valence-corrected chi connectivity index (χ3v) is 7.24. The van der Waals surface area contributed by atoms with Crippen LogP contribution in [0.1, 0.15) is 48.3 Å². The molecule has 0 aliphatic heterocycles. The average molecular weight is 511 g/mol. The summed E-state index contributed by atoms with van der Waals surface area (Å²) in [6.07, 6.45) is 0. The topological polar surface area (TPSA) is 40.6 Å². The molecule has 4 rings (SSSR count). The molecule has 190 valence electrons.